The van der Waals surface area contributed by atoms with Gasteiger partial charge in [-0.25, -0.2) is 4.79 Å². The number of carbonyl (C=O) groups excluding carboxylic acids is 1. The Hall–Kier alpha value is -0.590. The molecule has 20 heavy (non-hydrogen) atoms. The lowest BCUT2D eigenvalue weighted by Crippen LogP contribution is -2.26. The van der Waals surface area contributed by atoms with Crippen LogP contribution in [0.4, 0.5) is 0 Å². The number of benzene rings is 1. The van der Waals surface area contributed by atoms with Crippen LogP contribution in [0.1, 0.15) is 26.3 Å². The summed E-state index contributed by atoms with van der Waals surface area (Å²) in [5.41, 5.74) is 1.13. The molecule has 1 rings (SSSR count). The van der Waals surface area contributed by atoms with Gasteiger partial charge in [0, 0.05) is 6.54 Å². The van der Waals surface area contributed by atoms with Gasteiger partial charge in [0.25, 0.3) is 0 Å². The number of hydrogen-bond donors (Lipinski definition) is 1. The van der Waals surface area contributed by atoms with Crippen LogP contribution in [0.3, 0.4) is 0 Å². The molecule has 1 atom stereocenters. The zero-order chi connectivity index (χ0) is 15.1. The van der Waals surface area contributed by atoms with Crippen LogP contribution in [0, 0.1) is 0 Å². The lowest BCUT2D eigenvalue weighted by atomic mass is 10.2. The van der Waals surface area contributed by atoms with Crippen molar-refractivity contribution in [2.24, 2.45) is 0 Å². The van der Waals surface area contributed by atoms with Crippen LogP contribution in [0.5, 0.6) is 5.75 Å². The normalized spacial score (nSPS) is 12.1. The fraction of sp³-hybridized carbons (Fsp3) is 0.500. The molecule has 1 aromatic rings. The minimum Gasteiger partial charge on any atom is -0.477 e. The van der Waals surface area contributed by atoms with Crippen LogP contribution in [0.15, 0.2) is 21.1 Å². The van der Waals surface area contributed by atoms with Gasteiger partial charge in [0.05, 0.1) is 15.6 Å². The standard InChI is InChI=1S/C14H19Br2NO3/c1-4-17-8-10-6-11(15)13(12(16)7-10)20-9(3)14(18)19-5-2/h6-7,9,17H,4-5,8H2,1-3H3. The van der Waals surface area contributed by atoms with E-state index in [1.165, 1.54) is 0 Å². The molecule has 0 saturated carbocycles. The summed E-state index contributed by atoms with van der Waals surface area (Å²) in [6.07, 6.45) is -0.651. The molecule has 6 heteroatoms. The van der Waals surface area contributed by atoms with Gasteiger partial charge in [0.2, 0.25) is 0 Å². The summed E-state index contributed by atoms with van der Waals surface area (Å²) in [5, 5.41) is 3.26. The van der Waals surface area contributed by atoms with E-state index in [1.54, 1.807) is 13.8 Å². The minimum atomic E-state index is -0.651. The van der Waals surface area contributed by atoms with E-state index in [4.69, 9.17) is 9.47 Å². The first-order valence-corrected chi connectivity index (χ1v) is 8.10. The fourth-order valence-corrected chi connectivity index (χ4v) is 3.05. The van der Waals surface area contributed by atoms with Gasteiger partial charge in [-0.1, -0.05) is 6.92 Å². The van der Waals surface area contributed by atoms with Crippen LogP contribution in [-0.4, -0.2) is 25.2 Å². The molecule has 1 aromatic carbocycles. The van der Waals surface area contributed by atoms with Crippen LogP contribution < -0.4 is 10.1 Å². The molecule has 0 saturated heterocycles. The third-order valence-corrected chi connectivity index (χ3v) is 3.73. The number of hydrogen-bond acceptors (Lipinski definition) is 4. The Kier molecular flexibility index (Phi) is 7.55. The molecule has 0 radical (unpaired) electrons. The molecule has 1 unspecified atom stereocenters. The third-order valence-electron chi connectivity index (χ3n) is 2.55. The highest BCUT2D eigenvalue weighted by Crippen LogP contribution is 2.35. The molecule has 4 nitrogen and oxygen atoms in total. The van der Waals surface area contributed by atoms with Crippen LogP contribution >= 0.6 is 31.9 Å². The highest BCUT2D eigenvalue weighted by atomic mass is 79.9. The van der Waals surface area contributed by atoms with Gasteiger partial charge in [0.1, 0.15) is 5.75 Å². The molecule has 0 heterocycles. The van der Waals surface area contributed by atoms with E-state index in [0.717, 1.165) is 27.6 Å². The van der Waals surface area contributed by atoms with Crippen LogP contribution in [0.25, 0.3) is 0 Å². The predicted molar refractivity (Wildman–Crippen MR) is 85.9 cm³/mol. The molecule has 0 amide bonds. The maximum Gasteiger partial charge on any atom is 0.347 e. The molecule has 0 aromatic heterocycles. The van der Waals surface area contributed by atoms with E-state index in [9.17, 15) is 4.79 Å². The van der Waals surface area contributed by atoms with Gasteiger partial charge in [-0.3, -0.25) is 0 Å². The number of esters is 1. The van der Waals surface area contributed by atoms with Gasteiger partial charge < -0.3 is 14.8 Å². The van der Waals surface area contributed by atoms with Crippen molar-refractivity contribution in [1.29, 1.82) is 0 Å². The lowest BCUT2D eigenvalue weighted by molar-refractivity contribution is -0.150. The number of halogens is 2. The second kappa shape index (κ2) is 8.64. The first kappa shape index (κ1) is 17.5. The zero-order valence-corrected chi connectivity index (χ0v) is 15.0. The van der Waals surface area contributed by atoms with Gasteiger partial charge in [-0.15, -0.1) is 0 Å². The Morgan fingerprint density at radius 2 is 1.90 bits per heavy atom. The molecule has 0 aliphatic heterocycles. The summed E-state index contributed by atoms with van der Waals surface area (Å²) in [4.78, 5) is 11.6. The number of carbonyl (C=O) groups is 1. The van der Waals surface area contributed by atoms with Crippen molar-refractivity contribution < 1.29 is 14.3 Å². The summed E-state index contributed by atoms with van der Waals surface area (Å²) in [5.74, 6) is 0.230. The molecular weight excluding hydrogens is 390 g/mol. The molecule has 1 N–H and O–H groups in total. The van der Waals surface area contributed by atoms with Crippen molar-refractivity contribution in [2.45, 2.75) is 33.4 Å². The summed E-state index contributed by atoms with van der Waals surface area (Å²) >= 11 is 6.94. The van der Waals surface area contributed by atoms with Gasteiger partial charge >= 0.3 is 5.97 Å². The Balaban J connectivity index is 2.83. The Morgan fingerprint density at radius 1 is 1.30 bits per heavy atom. The summed E-state index contributed by atoms with van der Waals surface area (Å²) in [6, 6.07) is 3.95. The highest BCUT2D eigenvalue weighted by molar-refractivity contribution is 9.11. The van der Waals surface area contributed by atoms with Gasteiger partial charge in [0.15, 0.2) is 6.10 Å². The Bertz CT molecular complexity index is 443. The summed E-state index contributed by atoms with van der Waals surface area (Å²) in [6.45, 7) is 7.53. The van der Waals surface area contributed by atoms with Crippen molar-refractivity contribution in [3.05, 3.63) is 26.6 Å². The highest BCUT2D eigenvalue weighted by Gasteiger charge is 2.19. The monoisotopic (exact) mass is 407 g/mol. The Labute approximate surface area is 136 Å². The van der Waals surface area contributed by atoms with E-state index in [2.05, 4.69) is 44.1 Å². The zero-order valence-electron chi connectivity index (χ0n) is 11.8. The van der Waals surface area contributed by atoms with Crippen LogP contribution in [-0.2, 0) is 16.1 Å². The summed E-state index contributed by atoms with van der Waals surface area (Å²) in [7, 11) is 0. The van der Waals surface area contributed by atoms with E-state index in [-0.39, 0.29) is 5.97 Å². The van der Waals surface area contributed by atoms with Gasteiger partial charge in [-0.05, 0) is 69.9 Å². The predicted octanol–water partition coefficient (Wildman–Crippen LogP) is 3.65. The second-order valence-electron chi connectivity index (χ2n) is 4.18. The topological polar surface area (TPSA) is 47.6 Å². The fourth-order valence-electron chi connectivity index (χ4n) is 1.58. The van der Waals surface area contributed by atoms with Crippen molar-refractivity contribution in [3.8, 4) is 5.75 Å². The van der Waals surface area contributed by atoms with E-state index >= 15 is 0 Å². The van der Waals surface area contributed by atoms with Crippen LogP contribution in [0.2, 0.25) is 0 Å². The number of rotatable bonds is 7. The second-order valence-corrected chi connectivity index (χ2v) is 5.89. The molecule has 0 aliphatic rings. The largest absolute Gasteiger partial charge is 0.477 e. The maximum absolute atomic E-state index is 11.6. The number of nitrogens with one attached hydrogen (secondary N) is 1. The third kappa shape index (κ3) is 5.07. The minimum absolute atomic E-state index is 0.344. The van der Waals surface area contributed by atoms with Crippen molar-refractivity contribution in [3.63, 3.8) is 0 Å². The average molecular weight is 409 g/mol. The van der Waals surface area contributed by atoms with E-state index in [1.807, 2.05) is 12.1 Å². The first-order chi connectivity index (χ1) is 9.49. The van der Waals surface area contributed by atoms with Crippen molar-refractivity contribution >= 4 is 37.8 Å². The smallest absolute Gasteiger partial charge is 0.347 e. The molecule has 0 spiro atoms. The quantitative estimate of drug-likeness (QED) is 0.699. The molecule has 112 valence electrons. The lowest BCUT2D eigenvalue weighted by Gasteiger charge is -2.17. The van der Waals surface area contributed by atoms with Crippen molar-refractivity contribution in [1.82, 2.24) is 5.32 Å². The Morgan fingerprint density at radius 3 is 2.40 bits per heavy atom. The molecule has 0 bridgehead atoms. The SMILES string of the molecule is CCNCc1cc(Br)c(OC(C)C(=O)OCC)c(Br)c1. The maximum atomic E-state index is 11.6. The molecule has 0 fully saturated rings. The van der Waals surface area contributed by atoms with Crippen molar-refractivity contribution in [2.75, 3.05) is 13.2 Å². The molecular formula is C14H19Br2NO3. The summed E-state index contributed by atoms with van der Waals surface area (Å²) < 4.78 is 12.2. The number of ether oxygens (including phenoxy) is 2. The average Bonchev–Trinajstić information content (AvgIpc) is 2.40. The van der Waals surface area contributed by atoms with E-state index < -0.39 is 6.10 Å². The molecule has 0 aliphatic carbocycles. The van der Waals surface area contributed by atoms with Gasteiger partial charge in [-0.2, -0.15) is 0 Å². The van der Waals surface area contributed by atoms with E-state index in [0.29, 0.717) is 12.4 Å². The first-order valence-electron chi connectivity index (χ1n) is 6.51.